The first-order chi connectivity index (χ1) is 10.7. The summed E-state index contributed by atoms with van der Waals surface area (Å²) >= 11 is 0. The Kier molecular flexibility index (Phi) is 3.49. The second kappa shape index (κ2) is 5.61. The summed E-state index contributed by atoms with van der Waals surface area (Å²) in [5.74, 6) is -1.27. The molecule has 0 amide bonds. The molecule has 0 saturated heterocycles. The van der Waals surface area contributed by atoms with Crippen LogP contribution in [0.2, 0.25) is 0 Å². The van der Waals surface area contributed by atoms with E-state index in [0.29, 0.717) is 16.6 Å². The fraction of sp³-hybridized carbons (Fsp3) is 0. The highest BCUT2D eigenvalue weighted by atomic mass is 16.4. The molecule has 0 bridgehead atoms. The Morgan fingerprint density at radius 2 is 1.82 bits per heavy atom. The summed E-state index contributed by atoms with van der Waals surface area (Å²) in [6, 6.07) is 13.6. The molecule has 0 radical (unpaired) electrons. The second-order valence-electron chi connectivity index (χ2n) is 4.54. The topological polar surface area (TPSA) is 95.1 Å². The van der Waals surface area contributed by atoms with Crippen molar-refractivity contribution in [3.63, 3.8) is 0 Å². The number of aromatic hydroxyl groups is 1. The number of carboxylic acid groups (broad SMARTS) is 1. The van der Waals surface area contributed by atoms with Gasteiger partial charge in [0.15, 0.2) is 11.6 Å². The maximum atomic E-state index is 11.2. The molecule has 6 heteroatoms. The van der Waals surface area contributed by atoms with Crippen LogP contribution in [-0.4, -0.2) is 21.2 Å². The number of hydrogen-bond donors (Lipinski definition) is 2. The van der Waals surface area contributed by atoms with Crippen LogP contribution in [-0.2, 0) is 0 Å². The molecular weight excluding hydrogens is 282 g/mol. The van der Waals surface area contributed by atoms with Gasteiger partial charge in [0.1, 0.15) is 11.3 Å². The second-order valence-corrected chi connectivity index (χ2v) is 4.54. The van der Waals surface area contributed by atoms with Crippen molar-refractivity contribution in [1.82, 2.24) is 4.98 Å². The maximum Gasteiger partial charge on any atom is 0.339 e. The first kappa shape index (κ1) is 13.7. The molecule has 0 saturated carbocycles. The fourth-order valence-electron chi connectivity index (χ4n) is 2.10. The number of carbonyl (C=O) groups is 1. The Morgan fingerprint density at radius 1 is 1.05 bits per heavy atom. The third kappa shape index (κ3) is 2.49. The summed E-state index contributed by atoms with van der Waals surface area (Å²) in [6.07, 6.45) is 1.57. The molecule has 1 heterocycles. The Morgan fingerprint density at radius 3 is 2.55 bits per heavy atom. The fourth-order valence-corrected chi connectivity index (χ4v) is 2.10. The maximum absolute atomic E-state index is 11.2. The molecular formula is C16H11N3O3. The number of aromatic nitrogens is 1. The highest BCUT2D eigenvalue weighted by Crippen LogP contribution is 2.39. The minimum Gasteiger partial charge on any atom is -0.505 e. The summed E-state index contributed by atoms with van der Waals surface area (Å²) in [5.41, 5.74) is -0.102. The van der Waals surface area contributed by atoms with E-state index in [1.165, 1.54) is 6.07 Å². The molecule has 0 aliphatic heterocycles. The van der Waals surface area contributed by atoms with Gasteiger partial charge in [-0.05, 0) is 23.6 Å². The van der Waals surface area contributed by atoms with Crippen LogP contribution in [0.15, 0.2) is 65.0 Å². The lowest BCUT2D eigenvalue weighted by molar-refractivity contribution is 0.0694. The first-order valence-corrected chi connectivity index (χ1v) is 6.47. The molecule has 3 aromatic rings. The molecule has 0 spiro atoms. The van der Waals surface area contributed by atoms with E-state index in [2.05, 4.69) is 15.2 Å². The van der Waals surface area contributed by atoms with Crippen molar-refractivity contribution < 1.29 is 15.0 Å². The van der Waals surface area contributed by atoms with Crippen LogP contribution in [0.3, 0.4) is 0 Å². The number of carboxylic acids is 1. The number of phenols is 1. The van der Waals surface area contributed by atoms with E-state index in [1.807, 2.05) is 0 Å². The monoisotopic (exact) mass is 293 g/mol. The zero-order chi connectivity index (χ0) is 15.5. The van der Waals surface area contributed by atoms with Gasteiger partial charge in [-0.25, -0.2) is 9.78 Å². The number of azo groups is 1. The number of rotatable bonds is 3. The van der Waals surface area contributed by atoms with Gasteiger partial charge in [0.2, 0.25) is 0 Å². The normalized spacial score (nSPS) is 11.1. The van der Waals surface area contributed by atoms with Crippen LogP contribution in [0.5, 0.6) is 5.75 Å². The minimum atomic E-state index is -1.22. The molecule has 6 nitrogen and oxygen atoms in total. The quantitative estimate of drug-likeness (QED) is 0.712. The Bertz CT molecular complexity index is 876. The highest BCUT2D eigenvalue weighted by Gasteiger charge is 2.17. The molecule has 0 aliphatic rings. The highest BCUT2D eigenvalue weighted by molar-refractivity contribution is 6.04. The van der Waals surface area contributed by atoms with E-state index in [4.69, 9.17) is 0 Å². The Labute approximate surface area is 125 Å². The summed E-state index contributed by atoms with van der Waals surface area (Å²) in [7, 11) is 0. The molecule has 1 aromatic heterocycles. The number of pyridine rings is 1. The van der Waals surface area contributed by atoms with Crippen LogP contribution >= 0.6 is 0 Å². The lowest BCUT2D eigenvalue weighted by Gasteiger charge is -2.07. The smallest absolute Gasteiger partial charge is 0.339 e. The van der Waals surface area contributed by atoms with E-state index in [1.54, 1.807) is 48.7 Å². The summed E-state index contributed by atoms with van der Waals surface area (Å²) < 4.78 is 0. The van der Waals surface area contributed by atoms with Crippen LogP contribution in [0.25, 0.3) is 10.8 Å². The van der Waals surface area contributed by atoms with Crippen molar-refractivity contribution in [2.24, 2.45) is 10.2 Å². The standard InChI is InChI=1S/C16H11N3O3/c20-15-12(16(21)22)9-10-5-1-2-6-11(10)14(15)19-18-13-7-3-4-8-17-13/h1-9,20H,(H,21,22). The predicted octanol–water partition coefficient (Wildman–Crippen LogP) is 4.05. The molecule has 0 unspecified atom stereocenters. The molecule has 22 heavy (non-hydrogen) atoms. The molecule has 2 N–H and O–H groups in total. The van der Waals surface area contributed by atoms with Gasteiger partial charge in [0.05, 0.1) is 0 Å². The average Bonchev–Trinajstić information content (AvgIpc) is 2.54. The van der Waals surface area contributed by atoms with Crippen molar-refractivity contribution in [2.75, 3.05) is 0 Å². The van der Waals surface area contributed by atoms with Gasteiger partial charge in [-0.1, -0.05) is 30.3 Å². The van der Waals surface area contributed by atoms with Gasteiger partial charge >= 0.3 is 5.97 Å². The zero-order valence-corrected chi connectivity index (χ0v) is 11.3. The van der Waals surface area contributed by atoms with Crippen LogP contribution in [0.4, 0.5) is 11.5 Å². The minimum absolute atomic E-state index is 0.112. The van der Waals surface area contributed by atoms with Gasteiger partial charge in [-0.2, -0.15) is 0 Å². The lowest BCUT2D eigenvalue weighted by atomic mass is 10.0. The van der Waals surface area contributed by atoms with Gasteiger partial charge < -0.3 is 10.2 Å². The lowest BCUT2D eigenvalue weighted by Crippen LogP contribution is -1.97. The summed E-state index contributed by atoms with van der Waals surface area (Å²) in [4.78, 5) is 15.2. The number of fused-ring (bicyclic) bond motifs is 1. The predicted molar refractivity (Wildman–Crippen MR) is 81.0 cm³/mol. The van der Waals surface area contributed by atoms with Crippen molar-refractivity contribution >= 4 is 28.2 Å². The van der Waals surface area contributed by atoms with Gasteiger partial charge in [0, 0.05) is 11.6 Å². The van der Waals surface area contributed by atoms with E-state index in [9.17, 15) is 15.0 Å². The molecule has 3 rings (SSSR count). The summed E-state index contributed by atoms with van der Waals surface area (Å²) in [5, 5.41) is 28.6. The van der Waals surface area contributed by atoms with Crippen molar-refractivity contribution in [3.05, 3.63) is 60.3 Å². The van der Waals surface area contributed by atoms with E-state index < -0.39 is 11.7 Å². The van der Waals surface area contributed by atoms with Crippen LogP contribution < -0.4 is 0 Å². The van der Waals surface area contributed by atoms with Crippen molar-refractivity contribution in [2.45, 2.75) is 0 Å². The third-order valence-corrected chi connectivity index (χ3v) is 3.13. The average molecular weight is 293 g/mol. The third-order valence-electron chi connectivity index (χ3n) is 3.13. The number of nitrogens with zero attached hydrogens (tertiary/aromatic N) is 3. The van der Waals surface area contributed by atoms with E-state index in [0.717, 1.165) is 0 Å². The SMILES string of the molecule is O=C(O)c1cc2ccccc2c(N=Nc2ccccn2)c1O. The zero-order valence-electron chi connectivity index (χ0n) is 11.3. The Balaban J connectivity index is 2.20. The number of hydrogen-bond acceptors (Lipinski definition) is 5. The molecule has 0 atom stereocenters. The molecule has 2 aromatic carbocycles. The molecule has 108 valence electrons. The number of benzene rings is 2. The van der Waals surface area contributed by atoms with Crippen LogP contribution in [0.1, 0.15) is 10.4 Å². The molecule has 0 fully saturated rings. The van der Waals surface area contributed by atoms with Crippen LogP contribution in [0, 0.1) is 0 Å². The van der Waals surface area contributed by atoms with Crippen molar-refractivity contribution in [1.29, 1.82) is 0 Å². The van der Waals surface area contributed by atoms with Gasteiger partial charge in [-0.15, -0.1) is 10.2 Å². The van der Waals surface area contributed by atoms with Crippen molar-refractivity contribution in [3.8, 4) is 5.75 Å². The van der Waals surface area contributed by atoms with E-state index in [-0.39, 0.29) is 11.3 Å². The number of aromatic carboxylic acids is 1. The first-order valence-electron chi connectivity index (χ1n) is 6.47. The summed E-state index contributed by atoms with van der Waals surface area (Å²) in [6.45, 7) is 0. The Hall–Kier alpha value is -3.28. The van der Waals surface area contributed by atoms with Gasteiger partial charge in [-0.3, -0.25) is 0 Å². The van der Waals surface area contributed by atoms with E-state index >= 15 is 0 Å². The largest absolute Gasteiger partial charge is 0.505 e. The molecule has 0 aliphatic carbocycles. The van der Waals surface area contributed by atoms with Gasteiger partial charge in [0.25, 0.3) is 0 Å².